The van der Waals surface area contributed by atoms with Gasteiger partial charge < -0.3 is 15.3 Å². The fourth-order valence-corrected chi connectivity index (χ4v) is 3.47. The molecule has 1 unspecified atom stereocenters. The third kappa shape index (κ3) is 2.73. The minimum atomic E-state index is -0.437. The molecule has 1 fully saturated rings. The average Bonchev–Trinajstić information content (AvgIpc) is 3.18. The monoisotopic (exact) mass is 331 g/mol. The van der Waals surface area contributed by atoms with Crippen LogP contribution >= 0.6 is 0 Å². The van der Waals surface area contributed by atoms with Crippen molar-refractivity contribution in [2.45, 2.75) is 51.5 Å². The second kappa shape index (κ2) is 6.39. The molecule has 0 radical (unpaired) electrons. The fraction of sp³-hybridized carbons (Fsp3) is 0.588. The number of carbonyl (C=O) groups excluding carboxylic acids is 1. The van der Waals surface area contributed by atoms with E-state index in [1.807, 2.05) is 29.7 Å². The van der Waals surface area contributed by atoms with Crippen molar-refractivity contribution < 1.29 is 9.90 Å². The summed E-state index contributed by atoms with van der Waals surface area (Å²) in [5.41, 5.74) is 1.02. The highest BCUT2D eigenvalue weighted by molar-refractivity contribution is 5.90. The number of nitrogens with zero attached hydrogens (tertiary/aromatic N) is 4. The predicted molar refractivity (Wildman–Crippen MR) is 92.1 cm³/mol. The normalized spacial score (nSPS) is 21.0. The number of carbonyl (C=O) groups is 1. The fourth-order valence-electron chi connectivity index (χ4n) is 3.47. The van der Waals surface area contributed by atoms with Gasteiger partial charge in [-0.05, 0) is 31.4 Å². The van der Waals surface area contributed by atoms with Gasteiger partial charge in [-0.2, -0.15) is 0 Å². The number of anilines is 1. The zero-order valence-electron chi connectivity index (χ0n) is 14.5. The standard InChI is InChI=1S/C17H25N5O2/c1-4-17(11-23)8-5-9-22(17)16(24)18-13-6-7-14-19-20-15(12(2)3)21(14)10-13/h6-7,10,12,23H,4-5,8-9,11H2,1-3H3,(H,18,24). The number of amides is 2. The molecule has 0 spiro atoms. The van der Waals surface area contributed by atoms with Crippen molar-refractivity contribution in [3.8, 4) is 0 Å². The second-order valence-corrected chi connectivity index (χ2v) is 6.78. The van der Waals surface area contributed by atoms with Crippen LogP contribution in [0.5, 0.6) is 0 Å². The van der Waals surface area contributed by atoms with Crippen LogP contribution in [0.3, 0.4) is 0 Å². The van der Waals surface area contributed by atoms with Gasteiger partial charge in [0.2, 0.25) is 0 Å². The zero-order valence-corrected chi connectivity index (χ0v) is 14.5. The molecule has 0 aliphatic carbocycles. The molecule has 3 heterocycles. The Balaban J connectivity index is 1.84. The highest BCUT2D eigenvalue weighted by Crippen LogP contribution is 2.32. The lowest BCUT2D eigenvalue weighted by atomic mass is 9.94. The number of likely N-dealkylation sites (tertiary alicyclic amines) is 1. The van der Waals surface area contributed by atoms with Gasteiger partial charge in [0.25, 0.3) is 0 Å². The van der Waals surface area contributed by atoms with Crippen LogP contribution in [0, 0.1) is 0 Å². The van der Waals surface area contributed by atoms with Crippen LogP contribution in [-0.4, -0.2) is 49.3 Å². The Hall–Kier alpha value is -2.15. The van der Waals surface area contributed by atoms with E-state index in [0.717, 1.165) is 30.7 Å². The average molecular weight is 331 g/mol. The van der Waals surface area contributed by atoms with E-state index >= 15 is 0 Å². The van der Waals surface area contributed by atoms with Crippen LogP contribution in [0.1, 0.15) is 51.8 Å². The molecule has 2 aromatic rings. The summed E-state index contributed by atoms with van der Waals surface area (Å²) in [6.45, 7) is 6.80. The lowest BCUT2D eigenvalue weighted by molar-refractivity contribution is 0.0867. The van der Waals surface area contributed by atoms with Crippen LogP contribution < -0.4 is 5.32 Å². The molecule has 130 valence electrons. The van der Waals surface area contributed by atoms with E-state index < -0.39 is 5.54 Å². The van der Waals surface area contributed by atoms with Gasteiger partial charge in [0.15, 0.2) is 5.65 Å². The summed E-state index contributed by atoms with van der Waals surface area (Å²) in [5.74, 6) is 1.10. The predicted octanol–water partition coefficient (Wildman–Crippen LogP) is 2.62. The van der Waals surface area contributed by atoms with Crippen molar-refractivity contribution >= 4 is 17.4 Å². The lowest BCUT2D eigenvalue weighted by Crippen LogP contribution is -2.51. The van der Waals surface area contributed by atoms with Gasteiger partial charge in [-0.3, -0.25) is 4.40 Å². The van der Waals surface area contributed by atoms with E-state index in [0.29, 0.717) is 12.2 Å². The SMILES string of the molecule is CCC1(CO)CCCN1C(=O)Nc1ccc2nnc(C(C)C)n2c1. The summed E-state index contributed by atoms with van der Waals surface area (Å²) < 4.78 is 1.91. The molecular formula is C17H25N5O2. The van der Waals surface area contributed by atoms with Crippen LogP contribution in [0.4, 0.5) is 10.5 Å². The van der Waals surface area contributed by atoms with Gasteiger partial charge in [-0.1, -0.05) is 20.8 Å². The molecule has 3 rings (SSSR count). The molecule has 0 saturated carbocycles. The number of hydrogen-bond acceptors (Lipinski definition) is 4. The maximum absolute atomic E-state index is 12.7. The van der Waals surface area contributed by atoms with Gasteiger partial charge in [-0.25, -0.2) is 4.79 Å². The molecular weight excluding hydrogens is 306 g/mol. The maximum atomic E-state index is 12.7. The number of nitrogens with one attached hydrogen (secondary N) is 1. The molecule has 1 atom stereocenters. The smallest absolute Gasteiger partial charge is 0.322 e. The number of hydrogen-bond donors (Lipinski definition) is 2. The molecule has 7 nitrogen and oxygen atoms in total. The van der Waals surface area contributed by atoms with Crippen molar-refractivity contribution in [3.63, 3.8) is 0 Å². The molecule has 0 aromatic carbocycles. The number of pyridine rings is 1. The highest BCUT2D eigenvalue weighted by atomic mass is 16.3. The Morgan fingerprint density at radius 3 is 2.88 bits per heavy atom. The largest absolute Gasteiger partial charge is 0.394 e. The number of fused-ring (bicyclic) bond motifs is 1. The first-order chi connectivity index (χ1) is 11.5. The summed E-state index contributed by atoms with van der Waals surface area (Å²) in [5, 5.41) is 21.1. The maximum Gasteiger partial charge on any atom is 0.322 e. The van der Waals surface area contributed by atoms with Gasteiger partial charge in [0.05, 0.1) is 17.8 Å². The molecule has 2 amide bonds. The quantitative estimate of drug-likeness (QED) is 0.902. The molecule has 2 aromatic heterocycles. The van der Waals surface area contributed by atoms with E-state index in [1.54, 1.807) is 4.90 Å². The first kappa shape index (κ1) is 16.7. The summed E-state index contributed by atoms with van der Waals surface area (Å²) in [4.78, 5) is 14.5. The topological polar surface area (TPSA) is 82.8 Å². The third-order valence-corrected chi connectivity index (χ3v) is 4.99. The highest BCUT2D eigenvalue weighted by Gasteiger charge is 2.41. The minimum absolute atomic E-state index is 0.00110. The van der Waals surface area contributed by atoms with Crippen molar-refractivity contribution in [1.82, 2.24) is 19.5 Å². The van der Waals surface area contributed by atoms with Crippen molar-refractivity contribution in [3.05, 3.63) is 24.2 Å². The molecule has 1 aliphatic heterocycles. The summed E-state index contributed by atoms with van der Waals surface area (Å²) in [6, 6.07) is 3.51. The zero-order chi connectivity index (χ0) is 17.3. The van der Waals surface area contributed by atoms with E-state index in [1.165, 1.54) is 0 Å². The van der Waals surface area contributed by atoms with E-state index in [-0.39, 0.29) is 18.6 Å². The summed E-state index contributed by atoms with van der Waals surface area (Å²) >= 11 is 0. The molecule has 1 saturated heterocycles. The number of aliphatic hydroxyl groups is 1. The Morgan fingerprint density at radius 1 is 1.42 bits per heavy atom. The molecule has 7 heteroatoms. The molecule has 0 bridgehead atoms. The van der Waals surface area contributed by atoms with Crippen molar-refractivity contribution in [2.24, 2.45) is 0 Å². The van der Waals surface area contributed by atoms with Crippen LogP contribution in [0.25, 0.3) is 5.65 Å². The second-order valence-electron chi connectivity index (χ2n) is 6.78. The number of urea groups is 1. The van der Waals surface area contributed by atoms with Crippen molar-refractivity contribution in [1.29, 1.82) is 0 Å². The summed E-state index contributed by atoms with van der Waals surface area (Å²) in [6.07, 6.45) is 4.36. The third-order valence-electron chi connectivity index (χ3n) is 4.99. The molecule has 1 aliphatic rings. The number of aliphatic hydroxyl groups excluding tert-OH is 1. The van der Waals surface area contributed by atoms with E-state index in [2.05, 4.69) is 29.4 Å². The minimum Gasteiger partial charge on any atom is -0.394 e. The first-order valence-electron chi connectivity index (χ1n) is 8.55. The summed E-state index contributed by atoms with van der Waals surface area (Å²) in [7, 11) is 0. The van der Waals surface area contributed by atoms with E-state index in [4.69, 9.17) is 0 Å². The number of rotatable bonds is 4. The van der Waals surface area contributed by atoms with Crippen molar-refractivity contribution in [2.75, 3.05) is 18.5 Å². The lowest BCUT2D eigenvalue weighted by Gasteiger charge is -2.36. The molecule has 2 N–H and O–H groups in total. The Morgan fingerprint density at radius 2 is 2.21 bits per heavy atom. The first-order valence-corrected chi connectivity index (χ1v) is 8.55. The van der Waals surface area contributed by atoms with E-state index in [9.17, 15) is 9.90 Å². The number of aromatic nitrogens is 3. The Bertz CT molecular complexity index is 736. The molecule has 24 heavy (non-hydrogen) atoms. The van der Waals surface area contributed by atoms with Crippen LogP contribution in [0.2, 0.25) is 0 Å². The van der Waals surface area contributed by atoms with Crippen LogP contribution in [-0.2, 0) is 0 Å². The Kier molecular flexibility index (Phi) is 4.45. The van der Waals surface area contributed by atoms with Gasteiger partial charge in [0.1, 0.15) is 5.82 Å². The van der Waals surface area contributed by atoms with Crippen LogP contribution in [0.15, 0.2) is 18.3 Å². The van der Waals surface area contributed by atoms with Gasteiger partial charge in [0, 0.05) is 18.7 Å². The van der Waals surface area contributed by atoms with Gasteiger partial charge >= 0.3 is 6.03 Å². The van der Waals surface area contributed by atoms with Gasteiger partial charge in [-0.15, -0.1) is 10.2 Å². The Labute approximate surface area is 141 Å².